The summed E-state index contributed by atoms with van der Waals surface area (Å²) in [6, 6.07) is 9.13. The van der Waals surface area contributed by atoms with Crippen LogP contribution in [0.2, 0.25) is 0 Å². The Balaban J connectivity index is 1.35. The fourth-order valence-electron chi connectivity index (χ4n) is 4.49. The van der Waals surface area contributed by atoms with Gasteiger partial charge in [-0.25, -0.2) is 0 Å². The van der Waals surface area contributed by atoms with Crippen LogP contribution in [0.15, 0.2) is 48.8 Å². The van der Waals surface area contributed by atoms with E-state index in [0.717, 1.165) is 18.9 Å². The van der Waals surface area contributed by atoms with E-state index in [1.807, 2.05) is 11.0 Å². The minimum atomic E-state index is -4.53. The fraction of sp³-hybridized carbons (Fsp3) is 0.350. The summed E-state index contributed by atoms with van der Waals surface area (Å²) in [4.78, 5) is 16.6. The number of hydrogen-bond acceptors (Lipinski definition) is 6. The topological polar surface area (TPSA) is 88.8 Å². The molecule has 2 aliphatic rings. The quantitative estimate of drug-likeness (QED) is 0.686. The van der Waals surface area contributed by atoms with Crippen molar-refractivity contribution in [1.82, 2.24) is 30.1 Å². The standard InChI is InChI=1S/C20H18F3N7O/c21-20(22,23)17-5-6-18(28-27-17)26-14-9-12-10-16(14)29(11-12)19(31)13-3-1-2-4-15(13)30-24-7-8-25-30/h1-8,12,14,16H,9-11H2,(H,26,28). The first kappa shape index (κ1) is 19.5. The van der Waals surface area contributed by atoms with Crippen LogP contribution in [0.4, 0.5) is 19.0 Å². The first-order valence-electron chi connectivity index (χ1n) is 9.84. The molecule has 2 aromatic heterocycles. The van der Waals surface area contributed by atoms with E-state index < -0.39 is 11.9 Å². The van der Waals surface area contributed by atoms with E-state index in [-0.39, 0.29) is 23.8 Å². The molecule has 8 nitrogen and oxygen atoms in total. The van der Waals surface area contributed by atoms with Gasteiger partial charge in [-0.15, -0.1) is 10.2 Å². The number of para-hydroxylation sites is 1. The van der Waals surface area contributed by atoms with E-state index in [4.69, 9.17) is 0 Å². The van der Waals surface area contributed by atoms with Crippen molar-refractivity contribution in [3.05, 3.63) is 60.0 Å². The SMILES string of the molecule is O=C(c1ccccc1-n1nccn1)N1CC2CC(Nc3ccc(C(F)(F)F)nn3)C1C2. The van der Waals surface area contributed by atoms with Crippen molar-refractivity contribution in [2.75, 3.05) is 11.9 Å². The molecule has 0 spiro atoms. The van der Waals surface area contributed by atoms with Crippen molar-refractivity contribution in [1.29, 1.82) is 0 Å². The number of halogens is 3. The lowest BCUT2D eigenvalue weighted by Gasteiger charge is -2.34. The van der Waals surface area contributed by atoms with Gasteiger partial charge in [-0.2, -0.15) is 28.2 Å². The van der Waals surface area contributed by atoms with Gasteiger partial charge in [0.15, 0.2) is 5.69 Å². The number of hydrogen-bond donors (Lipinski definition) is 1. The van der Waals surface area contributed by atoms with Gasteiger partial charge in [0.05, 0.1) is 29.7 Å². The third kappa shape index (κ3) is 3.60. The Morgan fingerprint density at radius 2 is 1.81 bits per heavy atom. The van der Waals surface area contributed by atoms with Crippen LogP contribution >= 0.6 is 0 Å². The second-order valence-electron chi connectivity index (χ2n) is 7.75. The van der Waals surface area contributed by atoms with Crippen molar-refractivity contribution in [3.63, 3.8) is 0 Å². The number of nitrogens with zero attached hydrogens (tertiary/aromatic N) is 6. The Morgan fingerprint density at radius 3 is 2.48 bits per heavy atom. The van der Waals surface area contributed by atoms with Crippen LogP contribution in [0.1, 0.15) is 28.9 Å². The van der Waals surface area contributed by atoms with Gasteiger partial charge in [-0.1, -0.05) is 12.1 Å². The number of anilines is 1. The van der Waals surface area contributed by atoms with Crippen molar-refractivity contribution >= 4 is 11.7 Å². The number of piperidine rings is 1. The average molecular weight is 429 g/mol. The maximum absolute atomic E-state index is 13.4. The highest BCUT2D eigenvalue weighted by Gasteiger charge is 2.47. The van der Waals surface area contributed by atoms with Crippen LogP contribution in [0.3, 0.4) is 0 Å². The monoisotopic (exact) mass is 429 g/mol. The molecule has 2 bridgehead atoms. The van der Waals surface area contributed by atoms with Gasteiger partial charge in [0.25, 0.3) is 5.91 Å². The van der Waals surface area contributed by atoms with Crippen molar-refractivity contribution < 1.29 is 18.0 Å². The largest absolute Gasteiger partial charge is 0.435 e. The van der Waals surface area contributed by atoms with Crippen molar-refractivity contribution in [3.8, 4) is 5.69 Å². The molecule has 1 N–H and O–H groups in total. The molecule has 31 heavy (non-hydrogen) atoms. The highest BCUT2D eigenvalue weighted by Crippen LogP contribution is 2.40. The molecule has 1 amide bonds. The van der Waals surface area contributed by atoms with E-state index in [1.165, 1.54) is 10.9 Å². The van der Waals surface area contributed by atoms with Gasteiger partial charge in [0.1, 0.15) is 5.82 Å². The molecular weight excluding hydrogens is 411 g/mol. The third-order valence-corrected chi connectivity index (χ3v) is 5.80. The van der Waals surface area contributed by atoms with E-state index >= 15 is 0 Å². The molecule has 1 saturated heterocycles. The normalized spacial score (nSPS) is 22.7. The van der Waals surface area contributed by atoms with Crippen LogP contribution in [0.5, 0.6) is 0 Å². The summed E-state index contributed by atoms with van der Waals surface area (Å²) in [6.45, 7) is 0.640. The Bertz CT molecular complexity index is 1080. The number of nitrogens with one attached hydrogen (secondary N) is 1. The first-order valence-corrected chi connectivity index (χ1v) is 9.84. The Hall–Kier alpha value is -3.50. The molecule has 3 aromatic rings. The Morgan fingerprint density at radius 1 is 1.03 bits per heavy atom. The van der Waals surface area contributed by atoms with E-state index in [0.29, 0.717) is 23.7 Å². The summed E-state index contributed by atoms with van der Waals surface area (Å²) in [6.07, 6.45) is 0.214. The smallest absolute Gasteiger partial charge is 0.364 e. The predicted molar refractivity (Wildman–Crippen MR) is 103 cm³/mol. The highest BCUT2D eigenvalue weighted by atomic mass is 19.4. The number of benzene rings is 1. The lowest BCUT2D eigenvalue weighted by Crippen LogP contribution is -2.48. The molecule has 0 radical (unpaired) electrons. The van der Waals surface area contributed by atoms with Gasteiger partial charge in [-0.05, 0) is 43.0 Å². The van der Waals surface area contributed by atoms with Crippen LogP contribution in [-0.4, -0.2) is 54.6 Å². The Kier molecular flexibility index (Phi) is 4.60. The molecule has 1 aliphatic carbocycles. The van der Waals surface area contributed by atoms with Gasteiger partial charge >= 0.3 is 6.18 Å². The van der Waals surface area contributed by atoms with Gasteiger partial charge in [-0.3, -0.25) is 4.79 Å². The van der Waals surface area contributed by atoms with Crippen LogP contribution in [0, 0.1) is 5.92 Å². The summed E-state index contributed by atoms with van der Waals surface area (Å²) in [5.74, 6) is 0.466. The van der Waals surface area contributed by atoms with Crippen molar-refractivity contribution in [2.45, 2.75) is 31.1 Å². The Labute approximate surface area is 175 Å². The lowest BCUT2D eigenvalue weighted by molar-refractivity contribution is -0.141. The summed E-state index contributed by atoms with van der Waals surface area (Å²) in [5, 5.41) is 18.3. The number of carbonyl (C=O) groups is 1. The predicted octanol–water partition coefficient (Wildman–Crippen LogP) is 2.79. The van der Waals surface area contributed by atoms with Crippen LogP contribution in [-0.2, 0) is 6.18 Å². The lowest BCUT2D eigenvalue weighted by atomic mass is 10.0. The first-order chi connectivity index (χ1) is 14.9. The minimum absolute atomic E-state index is 0.0831. The highest BCUT2D eigenvalue weighted by molar-refractivity contribution is 5.98. The molecule has 1 aliphatic heterocycles. The zero-order valence-electron chi connectivity index (χ0n) is 16.2. The molecule has 3 unspecified atom stereocenters. The molecule has 1 aromatic carbocycles. The molecule has 5 rings (SSSR count). The molecule has 11 heteroatoms. The maximum atomic E-state index is 13.4. The number of amides is 1. The van der Waals surface area contributed by atoms with E-state index in [2.05, 4.69) is 25.7 Å². The van der Waals surface area contributed by atoms with Gasteiger partial charge < -0.3 is 10.2 Å². The summed E-state index contributed by atoms with van der Waals surface area (Å²) < 4.78 is 38.1. The molecule has 3 heterocycles. The second kappa shape index (κ2) is 7.33. The summed E-state index contributed by atoms with van der Waals surface area (Å²) in [5.41, 5.74) is 0.0596. The van der Waals surface area contributed by atoms with Crippen LogP contribution in [0.25, 0.3) is 5.69 Å². The molecule has 1 saturated carbocycles. The minimum Gasteiger partial charge on any atom is -0.364 e. The number of likely N-dealkylation sites (tertiary alicyclic amines) is 1. The van der Waals surface area contributed by atoms with Crippen molar-refractivity contribution in [2.24, 2.45) is 5.92 Å². The van der Waals surface area contributed by atoms with Gasteiger partial charge in [0.2, 0.25) is 0 Å². The zero-order chi connectivity index (χ0) is 21.6. The number of fused-ring (bicyclic) bond motifs is 2. The van der Waals surface area contributed by atoms with Crippen LogP contribution < -0.4 is 5.32 Å². The second-order valence-corrected chi connectivity index (χ2v) is 7.75. The number of carbonyl (C=O) groups excluding carboxylic acids is 1. The molecule has 3 atom stereocenters. The summed E-state index contributed by atoms with van der Waals surface area (Å²) >= 11 is 0. The van der Waals surface area contributed by atoms with E-state index in [1.54, 1.807) is 30.6 Å². The van der Waals surface area contributed by atoms with Gasteiger partial charge in [0, 0.05) is 12.6 Å². The third-order valence-electron chi connectivity index (χ3n) is 5.80. The molecular formula is C20H18F3N7O. The summed E-state index contributed by atoms with van der Waals surface area (Å²) in [7, 11) is 0. The molecule has 2 fully saturated rings. The number of rotatable bonds is 4. The average Bonchev–Trinajstić information content (AvgIpc) is 3.50. The zero-order valence-corrected chi connectivity index (χ0v) is 16.2. The number of alkyl halides is 3. The number of aromatic nitrogens is 5. The maximum Gasteiger partial charge on any atom is 0.435 e. The van der Waals surface area contributed by atoms with E-state index in [9.17, 15) is 18.0 Å². The fourth-order valence-corrected chi connectivity index (χ4v) is 4.49. The molecule has 160 valence electrons.